The van der Waals surface area contributed by atoms with Crippen molar-refractivity contribution in [3.05, 3.63) is 17.5 Å². The molecule has 1 aromatic heterocycles. The van der Waals surface area contributed by atoms with E-state index in [4.69, 9.17) is 14.5 Å². The molecule has 0 unspecified atom stereocenters. The second-order valence-electron chi connectivity index (χ2n) is 9.01. The minimum Gasteiger partial charge on any atom is -0.466 e. The molecule has 30 heavy (non-hydrogen) atoms. The number of piperidine rings is 1. The Hall–Kier alpha value is -1.73. The first-order valence-corrected chi connectivity index (χ1v) is 11.6. The van der Waals surface area contributed by atoms with Crippen molar-refractivity contribution < 1.29 is 14.3 Å². The summed E-state index contributed by atoms with van der Waals surface area (Å²) in [5.74, 6) is 1.09. The molecule has 0 spiro atoms. The zero-order chi connectivity index (χ0) is 21.1. The van der Waals surface area contributed by atoms with Gasteiger partial charge in [0.25, 0.3) is 0 Å². The first-order valence-electron chi connectivity index (χ1n) is 11.6. The zero-order valence-electron chi connectivity index (χ0n) is 18.7. The van der Waals surface area contributed by atoms with Crippen molar-refractivity contribution in [1.82, 2.24) is 14.9 Å². The fraction of sp³-hybridized carbons (Fsp3) is 0.783. The van der Waals surface area contributed by atoms with Crippen LogP contribution in [0.4, 0.5) is 5.95 Å². The van der Waals surface area contributed by atoms with Crippen LogP contribution in [-0.2, 0) is 20.7 Å². The third-order valence-corrected chi connectivity index (χ3v) is 7.41. The van der Waals surface area contributed by atoms with Gasteiger partial charge in [-0.2, -0.15) is 0 Å². The van der Waals surface area contributed by atoms with Gasteiger partial charge in [0.1, 0.15) is 0 Å². The number of rotatable bonds is 5. The number of hydrogen-bond acceptors (Lipinski definition) is 7. The lowest BCUT2D eigenvalue weighted by Gasteiger charge is -2.52. The van der Waals surface area contributed by atoms with E-state index in [1.54, 1.807) is 0 Å². The van der Waals surface area contributed by atoms with Crippen LogP contribution in [0.15, 0.2) is 6.20 Å². The van der Waals surface area contributed by atoms with E-state index in [1.165, 1.54) is 0 Å². The van der Waals surface area contributed by atoms with Gasteiger partial charge < -0.3 is 14.4 Å². The van der Waals surface area contributed by atoms with Crippen LogP contribution in [0.25, 0.3) is 0 Å². The lowest BCUT2D eigenvalue weighted by Crippen LogP contribution is -2.59. The van der Waals surface area contributed by atoms with E-state index in [-0.39, 0.29) is 5.97 Å². The third-order valence-electron chi connectivity index (χ3n) is 7.41. The van der Waals surface area contributed by atoms with Gasteiger partial charge >= 0.3 is 5.97 Å². The molecule has 3 heterocycles. The molecule has 0 N–H and O–H groups in total. The van der Waals surface area contributed by atoms with Crippen molar-refractivity contribution in [2.24, 2.45) is 11.3 Å². The van der Waals surface area contributed by atoms with E-state index >= 15 is 0 Å². The van der Waals surface area contributed by atoms with Crippen LogP contribution in [0, 0.1) is 18.3 Å². The van der Waals surface area contributed by atoms with Gasteiger partial charge in [-0.15, -0.1) is 0 Å². The molecule has 2 saturated heterocycles. The Balaban J connectivity index is 1.56. The smallest absolute Gasteiger partial charge is 0.314 e. The summed E-state index contributed by atoms with van der Waals surface area (Å²) in [5, 5.41) is 0. The number of carbonyl (C=O) groups is 1. The summed E-state index contributed by atoms with van der Waals surface area (Å²) in [6.45, 7) is 11.7. The van der Waals surface area contributed by atoms with E-state index in [1.807, 2.05) is 13.1 Å². The average molecular weight is 417 g/mol. The molecular formula is C23H36N4O3. The second kappa shape index (κ2) is 9.18. The zero-order valence-corrected chi connectivity index (χ0v) is 18.7. The third kappa shape index (κ3) is 4.06. The Morgan fingerprint density at radius 2 is 2.07 bits per heavy atom. The summed E-state index contributed by atoms with van der Waals surface area (Å²) in [6, 6.07) is 0.551. The number of anilines is 1. The molecule has 3 aliphatic rings. The molecule has 1 aliphatic carbocycles. The number of esters is 1. The maximum atomic E-state index is 13.3. The van der Waals surface area contributed by atoms with E-state index in [0.29, 0.717) is 25.1 Å². The number of hydrogen-bond donors (Lipinski definition) is 0. The minimum atomic E-state index is -0.447. The van der Waals surface area contributed by atoms with Crippen LogP contribution in [-0.4, -0.2) is 72.9 Å². The molecule has 4 rings (SSSR count). The van der Waals surface area contributed by atoms with Crippen LogP contribution in [0.3, 0.4) is 0 Å². The predicted molar refractivity (Wildman–Crippen MR) is 116 cm³/mol. The van der Waals surface area contributed by atoms with Gasteiger partial charge in [-0.05, 0) is 57.4 Å². The summed E-state index contributed by atoms with van der Waals surface area (Å²) in [7, 11) is 0. The minimum absolute atomic E-state index is 0.0250. The van der Waals surface area contributed by atoms with Crippen molar-refractivity contribution in [2.75, 3.05) is 50.9 Å². The number of nitrogens with zero attached hydrogens (tertiary/aromatic N) is 4. The number of carbonyl (C=O) groups excluding carboxylic acids is 1. The van der Waals surface area contributed by atoms with E-state index < -0.39 is 5.41 Å². The first-order chi connectivity index (χ1) is 14.6. The summed E-state index contributed by atoms with van der Waals surface area (Å²) in [5.41, 5.74) is 1.77. The number of morpholine rings is 1. The molecule has 7 heteroatoms. The topological polar surface area (TPSA) is 67.8 Å². The molecule has 3 fully saturated rings. The van der Waals surface area contributed by atoms with Gasteiger partial charge in [0.05, 0.1) is 25.2 Å². The molecule has 0 radical (unpaired) electrons. The van der Waals surface area contributed by atoms with Gasteiger partial charge in [0.15, 0.2) is 0 Å². The molecule has 1 aromatic rings. The van der Waals surface area contributed by atoms with E-state index in [0.717, 1.165) is 82.2 Å². The molecule has 1 saturated carbocycles. The fourth-order valence-corrected chi connectivity index (χ4v) is 5.66. The second-order valence-corrected chi connectivity index (χ2v) is 9.01. The maximum absolute atomic E-state index is 13.3. The van der Waals surface area contributed by atoms with Crippen molar-refractivity contribution >= 4 is 11.9 Å². The van der Waals surface area contributed by atoms with Gasteiger partial charge in [0, 0.05) is 44.1 Å². The Morgan fingerprint density at radius 3 is 2.80 bits per heavy atom. The Kier molecular flexibility index (Phi) is 6.58. The maximum Gasteiger partial charge on any atom is 0.314 e. The van der Waals surface area contributed by atoms with Gasteiger partial charge in [-0.25, -0.2) is 9.97 Å². The van der Waals surface area contributed by atoms with Gasteiger partial charge in [-0.3, -0.25) is 9.69 Å². The van der Waals surface area contributed by atoms with Crippen LogP contribution >= 0.6 is 0 Å². The van der Waals surface area contributed by atoms with Crippen LogP contribution in [0.1, 0.15) is 50.8 Å². The standard InChI is InChI=1S/C23H36N4O3/c1-4-20-17(3)15-24-22(25-20)27-9-7-18-14-19(26-10-12-29-13-11-26)6-8-23(18,16-27)21(28)30-5-2/h15,18-19H,4-14,16H2,1-3H3/t18-,19+,23-/m1/s1. The average Bonchev–Trinajstić information content (AvgIpc) is 2.79. The van der Waals surface area contributed by atoms with Crippen molar-refractivity contribution in [2.45, 2.75) is 58.9 Å². The molecule has 0 amide bonds. The quantitative estimate of drug-likeness (QED) is 0.684. The fourth-order valence-electron chi connectivity index (χ4n) is 5.66. The lowest BCUT2D eigenvalue weighted by atomic mass is 9.61. The van der Waals surface area contributed by atoms with Gasteiger partial charge in [-0.1, -0.05) is 6.92 Å². The molecule has 7 nitrogen and oxygen atoms in total. The number of ether oxygens (including phenoxy) is 2. The predicted octanol–water partition coefficient (Wildman–Crippen LogP) is 2.61. The lowest BCUT2D eigenvalue weighted by molar-refractivity contribution is -0.164. The van der Waals surface area contributed by atoms with Crippen molar-refractivity contribution in [3.8, 4) is 0 Å². The Labute approximate surface area is 180 Å². The molecule has 2 aliphatic heterocycles. The summed E-state index contributed by atoms with van der Waals surface area (Å²) < 4.78 is 11.2. The number of aryl methyl sites for hydroxylation is 2. The van der Waals surface area contributed by atoms with Crippen LogP contribution in [0.2, 0.25) is 0 Å². The highest BCUT2D eigenvalue weighted by molar-refractivity contribution is 5.78. The highest BCUT2D eigenvalue weighted by Gasteiger charge is 2.54. The Morgan fingerprint density at radius 1 is 1.27 bits per heavy atom. The molecule has 0 bridgehead atoms. The molecular weight excluding hydrogens is 380 g/mol. The molecule has 3 atom stereocenters. The summed E-state index contributed by atoms with van der Waals surface area (Å²) in [4.78, 5) is 27.5. The highest BCUT2D eigenvalue weighted by Crippen LogP contribution is 2.49. The Bertz CT molecular complexity index is 752. The van der Waals surface area contributed by atoms with E-state index in [2.05, 4.69) is 28.6 Å². The number of fused-ring (bicyclic) bond motifs is 1. The van der Waals surface area contributed by atoms with Gasteiger partial charge in [0.2, 0.25) is 5.95 Å². The number of aromatic nitrogens is 2. The van der Waals surface area contributed by atoms with Crippen molar-refractivity contribution in [1.29, 1.82) is 0 Å². The normalized spacial score (nSPS) is 30.0. The van der Waals surface area contributed by atoms with Crippen LogP contribution < -0.4 is 4.90 Å². The van der Waals surface area contributed by atoms with Crippen molar-refractivity contribution in [3.63, 3.8) is 0 Å². The molecule has 0 aromatic carbocycles. The summed E-state index contributed by atoms with van der Waals surface area (Å²) in [6.07, 6.45) is 6.78. The highest BCUT2D eigenvalue weighted by atomic mass is 16.5. The van der Waals surface area contributed by atoms with E-state index in [9.17, 15) is 4.79 Å². The monoisotopic (exact) mass is 416 g/mol. The largest absolute Gasteiger partial charge is 0.466 e. The molecule has 166 valence electrons. The SMILES string of the molecule is CCOC(=O)[C@@]12CC[C@H](N3CCOCC3)C[C@H]1CCN(c1ncc(C)c(CC)n1)C2. The van der Waals surface area contributed by atoms with Crippen LogP contribution in [0.5, 0.6) is 0 Å². The first kappa shape index (κ1) is 21.5. The summed E-state index contributed by atoms with van der Waals surface area (Å²) >= 11 is 0.